The molecule has 5 nitrogen and oxygen atoms in total. The van der Waals surface area contributed by atoms with Crippen molar-refractivity contribution in [2.75, 3.05) is 6.54 Å². The molecule has 7 heteroatoms. The first kappa shape index (κ1) is 19.9. The number of carbonyl (C=O) groups excluding carboxylic acids is 1. The second-order valence-corrected chi connectivity index (χ2v) is 9.15. The van der Waals surface area contributed by atoms with Crippen LogP contribution in [-0.4, -0.2) is 37.3 Å². The van der Waals surface area contributed by atoms with Crippen LogP contribution < -0.4 is 5.32 Å². The van der Waals surface area contributed by atoms with Crippen molar-refractivity contribution in [2.24, 2.45) is 0 Å². The van der Waals surface area contributed by atoms with E-state index in [9.17, 15) is 13.2 Å². The fourth-order valence-corrected chi connectivity index (χ4v) is 5.19. The van der Waals surface area contributed by atoms with E-state index in [1.165, 1.54) is 4.31 Å². The molecule has 1 aliphatic heterocycles. The summed E-state index contributed by atoms with van der Waals surface area (Å²) in [6.07, 6.45) is 1.86. The van der Waals surface area contributed by atoms with Crippen molar-refractivity contribution in [3.63, 3.8) is 0 Å². The Morgan fingerprint density at radius 1 is 1.19 bits per heavy atom. The number of sulfonamides is 1. The van der Waals surface area contributed by atoms with Crippen molar-refractivity contribution in [1.82, 2.24) is 9.62 Å². The molecular weight excluding hydrogens is 384 g/mol. The molecule has 3 rings (SSSR count). The van der Waals surface area contributed by atoms with Gasteiger partial charge >= 0.3 is 0 Å². The molecule has 0 aromatic heterocycles. The number of carbonyl (C=O) groups is 1. The van der Waals surface area contributed by atoms with Gasteiger partial charge in [0.25, 0.3) is 0 Å². The second kappa shape index (κ2) is 8.42. The average Bonchev–Trinajstić information content (AvgIpc) is 3.15. The van der Waals surface area contributed by atoms with Crippen LogP contribution in [-0.2, 0) is 21.2 Å². The van der Waals surface area contributed by atoms with Crippen LogP contribution in [0.2, 0.25) is 5.02 Å². The molecule has 1 fully saturated rings. The Balaban J connectivity index is 1.67. The molecule has 0 saturated carbocycles. The molecule has 2 unspecified atom stereocenters. The Morgan fingerprint density at radius 3 is 2.52 bits per heavy atom. The number of nitrogens with zero attached hydrogens (tertiary/aromatic N) is 1. The quantitative estimate of drug-likeness (QED) is 0.800. The van der Waals surface area contributed by atoms with Crippen molar-refractivity contribution in [2.45, 2.75) is 43.2 Å². The molecule has 1 heterocycles. The summed E-state index contributed by atoms with van der Waals surface area (Å²) in [4.78, 5) is 13.0. The lowest BCUT2D eigenvalue weighted by Crippen LogP contribution is -2.48. The van der Waals surface area contributed by atoms with Gasteiger partial charge in [0, 0.05) is 17.6 Å². The van der Waals surface area contributed by atoms with Gasteiger partial charge in [-0.1, -0.05) is 41.9 Å². The van der Waals surface area contributed by atoms with Gasteiger partial charge < -0.3 is 5.32 Å². The molecule has 1 saturated heterocycles. The zero-order valence-electron chi connectivity index (χ0n) is 15.1. The van der Waals surface area contributed by atoms with Crippen LogP contribution in [0.1, 0.15) is 25.3 Å². The van der Waals surface area contributed by atoms with E-state index in [4.69, 9.17) is 11.6 Å². The molecule has 1 amide bonds. The smallest absolute Gasteiger partial charge is 0.243 e. The summed E-state index contributed by atoms with van der Waals surface area (Å²) in [7, 11) is -3.67. The van der Waals surface area contributed by atoms with Crippen molar-refractivity contribution in [3.05, 3.63) is 65.2 Å². The normalized spacial score (nSPS) is 19.0. The molecule has 2 atom stereocenters. The van der Waals surface area contributed by atoms with Gasteiger partial charge in [-0.25, -0.2) is 8.42 Å². The number of nitrogens with one attached hydrogen (secondary N) is 1. The topological polar surface area (TPSA) is 66.5 Å². The molecule has 0 aliphatic carbocycles. The highest BCUT2D eigenvalue weighted by Gasteiger charge is 2.39. The Kier molecular flexibility index (Phi) is 6.19. The Morgan fingerprint density at radius 2 is 1.85 bits per heavy atom. The summed E-state index contributed by atoms with van der Waals surface area (Å²) in [5.41, 5.74) is 1.06. The second-order valence-electron chi connectivity index (χ2n) is 6.83. The van der Waals surface area contributed by atoms with Gasteiger partial charge in [0.05, 0.1) is 4.90 Å². The van der Waals surface area contributed by atoms with Gasteiger partial charge in [-0.3, -0.25) is 4.79 Å². The van der Waals surface area contributed by atoms with E-state index in [-0.39, 0.29) is 16.8 Å². The van der Waals surface area contributed by atoms with Gasteiger partial charge in [0.15, 0.2) is 0 Å². The van der Waals surface area contributed by atoms with Crippen LogP contribution in [0.25, 0.3) is 0 Å². The maximum atomic E-state index is 12.9. The number of rotatable bonds is 6. The standard InChI is InChI=1S/C20H23ClN2O3S/c1-15(14-16-9-11-17(21)12-10-16)22-20(24)19-8-5-13-23(19)27(25,26)18-6-3-2-4-7-18/h2-4,6-7,9-12,15,19H,5,8,13-14H2,1H3,(H,22,24). The zero-order chi connectivity index (χ0) is 19.4. The fourth-order valence-electron chi connectivity index (χ4n) is 3.38. The van der Waals surface area contributed by atoms with E-state index in [0.29, 0.717) is 30.8 Å². The summed E-state index contributed by atoms with van der Waals surface area (Å²) in [5, 5.41) is 3.63. The summed E-state index contributed by atoms with van der Waals surface area (Å²) in [6, 6.07) is 15.0. The summed E-state index contributed by atoms with van der Waals surface area (Å²) in [5.74, 6) is -0.242. The largest absolute Gasteiger partial charge is 0.352 e. The molecule has 2 aromatic rings. The Bertz CT molecular complexity index is 885. The average molecular weight is 407 g/mol. The van der Waals surface area contributed by atoms with Gasteiger partial charge in [0.1, 0.15) is 6.04 Å². The third kappa shape index (κ3) is 4.69. The van der Waals surface area contributed by atoms with Gasteiger partial charge in [-0.2, -0.15) is 4.31 Å². The predicted octanol–water partition coefficient (Wildman–Crippen LogP) is 3.24. The van der Waals surface area contributed by atoms with E-state index in [0.717, 1.165) is 5.56 Å². The van der Waals surface area contributed by atoms with Crippen LogP contribution in [0.4, 0.5) is 0 Å². The molecule has 144 valence electrons. The third-order valence-corrected chi connectivity index (χ3v) is 6.87. The summed E-state index contributed by atoms with van der Waals surface area (Å²) < 4.78 is 27.1. The molecule has 2 aromatic carbocycles. The number of benzene rings is 2. The van der Waals surface area contributed by atoms with Crippen LogP contribution >= 0.6 is 11.6 Å². The van der Waals surface area contributed by atoms with Crippen LogP contribution in [0.3, 0.4) is 0 Å². The van der Waals surface area contributed by atoms with Gasteiger partial charge in [0.2, 0.25) is 15.9 Å². The minimum atomic E-state index is -3.67. The summed E-state index contributed by atoms with van der Waals surface area (Å²) in [6.45, 7) is 2.28. The lowest BCUT2D eigenvalue weighted by molar-refractivity contribution is -0.124. The van der Waals surface area contributed by atoms with Crippen LogP contribution in [0.5, 0.6) is 0 Å². The van der Waals surface area contributed by atoms with E-state index in [2.05, 4.69) is 5.32 Å². The number of hydrogen-bond acceptors (Lipinski definition) is 3. The highest BCUT2D eigenvalue weighted by Crippen LogP contribution is 2.26. The SMILES string of the molecule is CC(Cc1ccc(Cl)cc1)NC(=O)C1CCCN1S(=O)(=O)c1ccccc1. The zero-order valence-corrected chi connectivity index (χ0v) is 16.7. The summed E-state index contributed by atoms with van der Waals surface area (Å²) >= 11 is 5.90. The van der Waals surface area contributed by atoms with E-state index < -0.39 is 16.1 Å². The van der Waals surface area contributed by atoms with Crippen molar-refractivity contribution >= 4 is 27.5 Å². The molecule has 27 heavy (non-hydrogen) atoms. The minimum Gasteiger partial charge on any atom is -0.352 e. The highest BCUT2D eigenvalue weighted by molar-refractivity contribution is 7.89. The van der Waals surface area contributed by atoms with Gasteiger partial charge in [-0.05, 0) is 56.0 Å². The first-order chi connectivity index (χ1) is 12.9. The molecule has 0 radical (unpaired) electrons. The van der Waals surface area contributed by atoms with Crippen molar-refractivity contribution in [1.29, 1.82) is 0 Å². The first-order valence-electron chi connectivity index (χ1n) is 8.99. The predicted molar refractivity (Wildman–Crippen MR) is 106 cm³/mol. The Hall–Kier alpha value is -1.89. The maximum absolute atomic E-state index is 12.9. The number of hydrogen-bond donors (Lipinski definition) is 1. The lowest BCUT2D eigenvalue weighted by Gasteiger charge is -2.25. The fraction of sp³-hybridized carbons (Fsp3) is 0.350. The monoisotopic (exact) mass is 406 g/mol. The molecule has 1 aliphatic rings. The van der Waals surface area contributed by atoms with E-state index >= 15 is 0 Å². The van der Waals surface area contributed by atoms with Crippen molar-refractivity contribution in [3.8, 4) is 0 Å². The number of halogens is 1. The third-order valence-electron chi connectivity index (χ3n) is 4.70. The number of amides is 1. The Labute approximate surface area is 165 Å². The van der Waals surface area contributed by atoms with Gasteiger partial charge in [-0.15, -0.1) is 0 Å². The van der Waals surface area contributed by atoms with E-state index in [1.54, 1.807) is 30.3 Å². The highest BCUT2D eigenvalue weighted by atomic mass is 35.5. The molecular formula is C20H23ClN2O3S. The van der Waals surface area contributed by atoms with Crippen LogP contribution in [0.15, 0.2) is 59.5 Å². The first-order valence-corrected chi connectivity index (χ1v) is 10.8. The van der Waals surface area contributed by atoms with E-state index in [1.807, 2.05) is 31.2 Å². The molecule has 0 bridgehead atoms. The van der Waals surface area contributed by atoms with Crippen molar-refractivity contribution < 1.29 is 13.2 Å². The minimum absolute atomic E-state index is 0.111. The maximum Gasteiger partial charge on any atom is 0.243 e. The molecule has 0 spiro atoms. The van der Waals surface area contributed by atoms with Crippen LogP contribution in [0, 0.1) is 0 Å². The molecule has 1 N–H and O–H groups in total. The lowest BCUT2D eigenvalue weighted by atomic mass is 10.1.